The molecule has 4 heteroatoms. The summed E-state index contributed by atoms with van der Waals surface area (Å²) in [5.74, 6) is 0.271. The van der Waals surface area contributed by atoms with E-state index in [1.807, 2.05) is 26.0 Å². The molecule has 1 unspecified atom stereocenters. The van der Waals surface area contributed by atoms with Gasteiger partial charge in [-0.05, 0) is 30.9 Å². The monoisotopic (exact) mass is 245 g/mol. The lowest BCUT2D eigenvalue weighted by Gasteiger charge is -2.19. The lowest BCUT2D eigenvalue weighted by Crippen LogP contribution is -2.12. The molecule has 0 aromatic carbocycles. The van der Waals surface area contributed by atoms with Crippen LogP contribution in [-0.4, -0.2) is 11.2 Å². The molecule has 1 heterocycles. The Labute approximate surface area is 100 Å². The first-order valence-corrected chi connectivity index (χ1v) is 5.86. The summed E-state index contributed by atoms with van der Waals surface area (Å²) in [6.07, 6.45) is -2.31. The second-order valence-corrected chi connectivity index (χ2v) is 4.73. The van der Waals surface area contributed by atoms with Crippen LogP contribution in [0, 0.1) is 5.92 Å². The first-order valence-electron chi connectivity index (χ1n) is 5.86. The first kappa shape index (κ1) is 14.0. The summed E-state index contributed by atoms with van der Waals surface area (Å²) in [5.41, 5.74) is 0.769. The smallest absolute Gasteiger partial charge is 0.261 e. The fraction of sp³-hybridized carbons (Fsp3) is 0.615. The van der Waals surface area contributed by atoms with Gasteiger partial charge in [-0.25, -0.2) is 0 Å². The summed E-state index contributed by atoms with van der Waals surface area (Å²) < 4.78 is 36.7. The van der Waals surface area contributed by atoms with E-state index >= 15 is 0 Å². The van der Waals surface area contributed by atoms with Gasteiger partial charge in [0.25, 0.3) is 0 Å². The molecule has 1 atom stereocenters. The summed E-state index contributed by atoms with van der Waals surface area (Å²) >= 11 is 0. The molecule has 0 bridgehead atoms. The molecule has 0 radical (unpaired) electrons. The highest BCUT2D eigenvalue weighted by molar-refractivity contribution is 5.09. The molecule has 0 fully saturated rings. The third-order valence-electron chi connectivity index (χ3n) is 2.64. The second-order valence-electron chi connectivity index (χ2n) is 4.73. The lowest BCUT2D eigenvalue weighted by molar-refractivity contribution is -0.136. The molecule has 0 amide bonds. The maximum absolute atomic E-state index is 12.2. The molecule has 0 aliphatic heterocycles. The van der Waals surface area contributed by atoms with E-state index in [0.717, 1.165) is 12.1 Å². The van der Waals surface area contributed by atoms with E-state index in [-0.39, 0.29) is 12.3 Å². The highest BCUT2D eigenvalue weighted by Crippen LogP contribution is 2.32. The Kier molecular flexibility index (Phi) is 4.97. The third kappa shape index (κ3) is 5.71. The van der Waals surface area contributed by atoms with Gasteiger partial charge in [0.15, 0.2) is 0 Å². The zero-order chi connectivity index (χ0) is 12.9. The molecular weight excluding hydrogens is 227 g/mol. The van der Waals surface area contributed by atoms with Gasteiger partial charge < -0.3 is 0 Å². The Bertz CT molecular complexity index is 319. The largest absolute Gasteiger partial charge is 0.389 e. The van der Waals surface area contributed by atoms with Crippen molar-refractivity contribution < 1.29 is 13.2 Å². The number of nitrogens with zero attached hydrogens (tertiary/aromatic N) is 1. The number of alkyl halides is 3. The van der Waals surface area contributed by atoms with Gasteiger partial charge in [0.1, 0.15) is 0 Å². The van der Waals surface area contributed by atoms with Crippen LogP contribution in [0.4, 0.5) is 13.2 Å². The molecule has 0 spiro atoms. The van der Waals surface area contributed by atoms with Crippen molar-refractivity contribution in [2.45, 2.75) is 45.2 Å². The molecule has 0 N–H and O–H groups in total. The average molecular weight is 245 g/mol. The van der Waals surface area contributed by atoms with Gasteiger partial charge in [0.05, 0.1) is 0 Å². The Hall–Kier alpha value is -1.06. The van der Waals surface area contributed by atoms with E-state index in [2.05, 4.69) is 4.98 Å². The van der Waals surface area contributed by atoms with E-state index < -0.39 is 12.6 Å². The van der Waals surface area contributed by atoms with Gasteiger partial charge >= 0.3 is 6.18 Å². The molecule has 0 aliphatic rings. The van der Waals surface area contributed by atoms with Crippen molar-refractivity contribution in [3.8, 4) is 0 Å². The van der Waals surface area contributed by atoms with Gasteiger partial charge in [-0.15, -0.1) is 0 Å². The Morgan fingerprint density at radius 1 is 1.24 bits per heavy atom. The first-order chi connectivity index (χ1) is 7.88. The van der Waals surface area contributed by atoms with Crippen LogP contribution in [0.25, 0.3) is 0 Å². The van der Waals surface area contributed by atoms with Crippen molar-refractivity contribution in [1.29, 1.82) is 0 Å². The Morgan fingerprint density at radius 2 is 1.94 bits per heavy atom. The third-order valence-corrected chi connectivity index (χ3v) is 2.64. The minimum atomic E-state index is -4.08. The molecule has 17 heavy (non-hydrogen) atoms. The minimum Gasteiger partial charge on any atom is -0.261 e. The predicted octanol–water partition coefficient (Wildman–Crippen LogP) is 4.55. The zero-order valence-electron chi connectivity index (χ0n) is 10.2. The van der Waals surface area contributed by atoms with Crippen molar-refractivity contribution in [3.05, 3.63) is 30.1 Å². The number of rotatable bonds is 5. The maximum Gasteiger partial charge on any atom is 0.389 e. The maximum atomic E-state index is 12.2. The van der Waals surface area contributed by atoms with Crippen LogP contribution in [0.5, 0.6) is 0 Å². The van der Waals surface area contributed by atoms with Crippen LogP contribution >= 0.6 is 0 Å². The molecule has 0 saturated carbocycles. The normalized spacial score (nSPS) is 14.0. The molecule has 1 aromatic rings. The molecule has 1 rings (SSSR count). The summed E-state index contributed by atoms with van der Waals surface area (Å²) in [4.78, 5) is 4.17. The fourth-order valence-electron chi connectivity index (χ4n) is 1.91. The standard InChI is InChI=1S/C13H18F3N/c1-10(2)9-11(6-7-13(14,15)16)12-5-3-4-8-17-12/h3-5,8,10-11H,6-7,9H2,1-2H3. The van der Waals surface area contributed by atoms with Crippen molar-refractivity contribution in [3.63, 3.8) is 0 Å². The van der Waals surface area contributed by atoms with Crippen LogP contribution in [0.3, 0.4) is 0 Å². The molecule has 1 aromatic heterocycles. The van der Waals surface area contributed by atoms with Crippen LogP contribution in [0.2, 0.25) is 0 Å². The van der Waals surface area contributed by atoms with Gasteiger partial charge in [-0.2, -0.15) is 13.2 Å². The van der Waals surface area contributed by atoms with Gasteiger partial charge in [-0.3, -0.25) is 4.98 Å². The topological polar surface area (TPSA) is 12.9 Å². The van der Waals surface area contributed by atoms with E-state index in [1.165, 1.54) is 0 Å². The van der Waals surface area contributed by atoms with E-state index in [0.29, 0.717) is 5.92 Å². The number of hydrogen-bond acceptors (Lipinski definition) is 1. The average Bonchev–Trinajstić information content (AvgIpc) is 2.24. The summed E-state index contributed by atoms with van der Waals surface area (Å²) in [6, 6.07) is 5.41. The van der Waals surface area contributed by atoms with Crippen LogP contribution in [-0.2, 0) is 0 Å². The summed E-state index contributed by atoms with van der Waals surface area (Å²) in [7, 11) is 0. The lowest BCUT2D eigenvalue weighted by atomic mass is 9.89. The van der Waals surface area contributed by atoms with E-state index in [1.54, 1.807) is 12.3 Å². The van der Waals surface area contributed by atoms with Crippen molar-refractivity contribution >= 4 is 0 Å². The predicted molar refractivity (Wildman–Crippen MR) is 61.7 cm³/mol. The van der Waals surface area contributed by atoms with Gasteiger partial charge in [0.2, 0.25) is 0 Å². The summed E-state index contributed by atoms with van der Waals surface area (Å²) in [5, 5.41) is 0. The van der Waals surface area contributed by atoms with Crippen molar-refractivity contribution in [1.82, 2.24) is 4.98 Å². The molecule has 1 nitrogen and oxygen atoms in total. The number of halogens is 3. The minimum absolute atomic E-state index is 0.0992. The van der Waals surface area contributed by atoms with Gasteiger partial charge in [-0.1, -0.05) is 19.9 Å². The SMILES string of the molecule is CC(C)CC(CCC(F)(F)F)c1ccccn1. The molecule has 96 valence electrons. The van der Waals surface area contributed by atoms with Crippen LogP contribution in [0.15, 0.2) is 24.4 Å². The van der Waals surface area contributed by atoms with Crippen LogP contribution < -0.4 is 0 Å². The molecule has 0 aliphatic carbocycles. The molecular formula is C13H18F3N. The van der Waals surface area contributed by atoms with Crippen LogP contribution in [0.1, 0.15) is 44.7 Å². The van der Waals surface area contributed by atoms with Crippen molar-refractivity contribution in [2.24, 2.45) is 5.92 Å². The highest BCUT2D eigenvalue weighted by atomic mass is 19.4. The van der Waals surface area contributed by atoms with Gasteiger partial charge in [0, 0.05) is 24.2 Å². The van der Waals surface area contributed by atoms with Crippen molar-refractivity contribution in [2.75, 3.05) is 0 Å². The highest BCUT2D eigenvalue weighted by Gasteiger charge is 2.29. The van der Waals surface area contributed by atoms with E-state index in [4.69, 9.17) is 0 Å². The number of aromatic nitrogens is 1. The molecule has 0 saturated heterocycles. The van der Waals surface area contributed by atoms with E-state index in [9.17, 15) is 13.2 Å². The quantitative estimate of drug-likeness (QED) is 0.741. The fourth-order valence-corrected chi connectivity index (χ4v) is 1.91. The Balaban J connectivity index is 2.68. The number of hydrogen-bond donors (Lipinski definition) is 0. The Morgan fingerprint density at radius 3 is 2.41 bits per heavy atom. The second kappa shape index (κ2) is 6.03. The summed E-state index contributed by atoms with van der Waals surface area (Å²) in [6.45, 7) is 4.03. The zero-order valence-corrected chi connectivity index (χ0v) is 10.2. The number of pyridine rings is 1.